The third-order valence-electron chi connectivity index (χ3n) is 8.07. The largest absolute Gasteiger partial charge is 0.465 e. The molecule has 246 valence electrons. The summed E-state index contributed by atoms with van der Waals surface area (Å²) in [7, 11) is 2.11. The molecule has 1 fully saturated rings. The highest BCUT2D eigenvalue weighted by atomic mass is 16.7. The summed E-state index contributed by atoms with van der Waals surface area (Å²) in [5, 5.41) is 14.9. The topological polar surface area (TPSA) is 109 Å². The Balaban J connectivity index is 1.28. The van der Waals surface area contributed by atoms with Crippen LogP contribution in [0.3, 0.4) is 0 Å². The van der Waals surface area contributed by atoms with Gasteiger partial charge in [0, 0.05) is 31.6 Å². The maximum atomic E-state index is 12.3. The van der Waals surface area contributed by atoms with E-state index in [-0.39, 0.29) is 38.5 Å². The van der Waals surface area contributed by atoms with Gasteiger partial charge >= 0.3 is 12.0 Å². The van der Waals surface area contributed by atoms with E-state index in [2.05, 4.69) is 46.8 Å². The molecule has 0 spiro atoms. The number of likely N-dealkylation sites (N-methyl/N-ethyl adjacent to an activating group) is 1. The quantitative estimate of drug-likeness (QED) is 0.157. The molecule has 1 heterocycles. The van der Waals surface area contributed by atoms with Crippen molar-refractivity contribution in [1.29, 1.82) is 0 Å². The number of hydrogen-bond donors (Lipinski definition) is 3. The normalized spacial score (nSPS) is 17.7. The average molecular weight is 638 g/mol. The van der Waals surface area contributed by atoms with Crippen molar-refractivity contribution in [3.8, 4) is 11.1 Å². The summed E-state index contributed by atoms with van der Waals surface area (Å²) in [6.45, 7) is 3.64. The van der Waals surface area contributed by atoms with Crippen LogP contribution < -0.4 is 10.6 Å². The molecule has 9 heteroatoms. The number of esters is 1. The van der Waals surface area contributed by atoms with Gasteiger partial charge in [-0.1, -0.05) is 103 Å². The van der Waals surface area contributed by atoms with Crippen molar-refractivity contribution in [3.63, 3.8) is 0 Å². The van der Waals surface area contributed by atoms with Crippen molar-refractivity contribution >= 4 is 12.0 Å². The van der Waals surface area contributed by atoms with Gasteiger partial charge in [-0.3, -0.25) is 9.69 Å². The van der Waals surface area contributed by atoms with Crippen molar-refractivity contribution in [2.24, 2.45) is 0 Å². The SMILES string of the molecule is CCOC(=O)CNC(=O)NCc1ccccc1-c1ccc([C@H]2O[C@@H](CN(C)Cc3ccccc3)C[C@@H](c3ccc(CO)cc3)O2)cc1. The zero-order chi connectivity index (χ0) is 33.0. The van der Waals surface area contributed by atoms with Gasteiger partial charge < -0.3 is 30.0 Å². The van der Waals surface area contributed by atoms with Crippen molar-refractivity contribution in [1.82, 2.24) is 15.5 Å². The Kier molecular flexibility index (Phi) is 12.1. The number of benzene rings is 4. The molecule has 1 saturated heterocycles. The monoisotopic (exact) mass is 637 g/mol. The van der Waals surface area contributed by atoms with Crippen molar-refractivity contribution in [2.75, 3.05) is 26.7 Å². The maximum absolute atomic E-state index is 12.3. The molecule has 1 aliphatic heterocycles. The third-order valence-corrected chi connectivity index (χ3v) is 8.07. The minimum Gasteiger partial charge on any atom is -0.465 e. The molecular weight excluding hydrogens is 594 g/mol. The molecule has 1 aliphatic rings. The van der Waals surface area contributed by atoms with Gasteiger partial charge in [0.1, 0.15) is 6.54 Å². The predicted molar refractivity (Wildman–Crippen MR) is 180 cm³/mol. The lowest BCUT2D eigenvalue weighted by Gasteiger charge is -2.38. The van der Waals surface area contributed by atoms with E-state index in [4.69, 9.17) is 14.2 Å². The van der Waals surface area contributed by atoms with E-state index in [1.807, 2.05) is 78.9 Å². The van der Waals surface area contributed by atoms with Crippen molar-refractivity contribution in [3.05, 3.63) is 131 Å². The molecule has 4 aromatic carbocycles. The number of carbonyl (C=O) groups excluding carboxylic acids is 2. The molecule has 9 nitrogen and oxygen atoms in total. The first-order valence-electron chi connectivity index (χ1n) is 16.0. The molecule has 47 heavy (non-hydrogen) atoms. The summed E-state index contributed by atoms with van der Waals surface area (Å²) in [4.78, 5) is 26.1. The zero-order valence-corrected chi connectivity index (χ0v) is 26.9. The Morgan fingerprint density at radius 3 is 2.28 bits per heavy atom. The minimum atomic E-state index is -0.560. The number of hydrogen-bond acceptors (Lipinski definition) is 7. The summed E-state index contributed by atoms with van der Waals surface area (Å²) in [6, 6.07) is 33.9. The number of carbonyl (C=O) groups is 2. The molecule has 0 radical (unpaired) electrons. The first kappa shape index (κ1) is 33.8. The van der Waals surface area contributed by atoms with Gasteiger partial charge in [-0.05, 0) is 47.4 Å². The lowest BCUT2D eigenvalue weighted by atomic mass is 9.97. The van der Waals surface area contributed by atoms with Crippen molar-refractivity contribution < 1.29 is 28.9 Å². The molecule has 3 N–H and O–H groups in total. The Bertz CT molecular complexity index is 1580. The maximum Gasteiger partial charge on any atom is 0.325 e. The molecule has 5 rings (SSSR count). The van der Waals surface area contributed by atoms with E-state index < -0.39 is 18.3 Å². The highest BCUT2D eigenvalue weighted by molar-refractivity contribution is 5.81. The molecule has 0 unspecified atom stereocenters. The van der Waals surface area contributed by atoms with Gasteiger partial charge in [0.15, 0.2) is 6.29 Å². The Morgan fingerprint density at radius 1 is 0.851 bits per heavy atom. The van der Waals surface area contributed by atoms with E-state index in [1.54, 1.807) is 6.92 Å². The van der Waals surface area contributed by atoms with Crippen LogP contribution in [0.25, 0.3) is 11.1 Å². The van der Waals surface area contributed by atoms with Crippen LogP contribution in [0.2, 0.25) is 0 Å². The number of nitrogens with zero attached hydrogens (tertiary/aromatic N) is 1. The third kappa shape index (κ3) is 9.73. The molecule has 2 amide bonds. The smallest absolute Gasteiger partial charge is 0.325 e. The number of rotatable bonds is 13. The lowest BCUT2D eigenvalue weighted by Crippen LogP contribution is -2.38. The highest BCUT2D eigenvalue weighted by Crippen LogP contribution is 2.39. The van der Waals surface area contributed by atoms with Gasteiger partial charge in [-0.15, -0.1) is 0 Å². The van der Waals surface area contributed by atoms with Gasteiger partial charge in [0.05, 0.1) is 25.4 Å². The van der Waals surface area contributed by atoms with Crippen LogP contribution in [0.4, 0.5) is 4.79 Å². The van der Waals surface area contributed by atoms with Gasteiger partial charge in [-0.2, -0.15) is 0 Å². The van der Waals surface area contributed by atoms with Crippen LogP contribution in [-0.4, -0.2) is 54.9 Å². The van der Waals surface area contributed by atoms with Crippen LogP contribution in [0.1, 0.15) is 53.6 Å². The highest BCUT2D eigenvalue weighted by Gasteiger charge is 2.32. The molecule has 3 atom stereocenters. The van der Waals surface area contributed by atoms with E-state index in [0.717, 1.165) is 46.5 Å². The molecule has 0 saturated carbocycles. The number of urea groups is 1. The first-order valence-corrected chi connectivity index (χ1v) is 16.0. The van der Waals surface area contributed by atoms with Crippen LogP contribution in [0.15, 0.2) is 103 Å². The Morgan fingerprint density at radius 2 is 1.55 bits per heavy atom. The molecule has 0 bridgehead atoms. The van der Waals surface area contributed by atoms with Crippen LogP contribution >= 0.6 is 0 Å². The van der Waals surface area contributed by atoms with Gasteiger partial charge in [0.2, 0.25) is 0 Å². The van der Waals surface area contributed by atoms with Crippen LogP contribution in [-0.2, 0) is 38.7 Å². The standard InChI is InChI=1S/C38H43N3O6/c1-3-45-36(43)23-40-38(44)39-22-32-11-7-8-12-34(32)29-17-19-31(20-18-29)37-46-33(25-41(2)24-27-9-5-4-6-10-27)21-35(47-37)30-15-13-28(26-42)14-16-30/h4-20,33,35,37,42H,3,21-26H2,1-2H3,(H2,39,40,44)/t33-,35+,37+/m1/s1. The summed E-state index contributed by atoms with van der Waals surface area (Å²) in [5.41, 5.74) is 6.98. The minimum absolute atomic E-state index is 0.00132. The van der Waals surface area contributed by atoms with E-state index in [1.165, 1.54) is 5.56 Å². The Labute approximate surface area is 276 Å². The molecule has 0 aromatic heterocycles. The zero-order valence-electron chi connectivity index (χ0n) is 26.9. The average Bonchev–Trinajstić information content (AvgIpc) is 3.10. The van der Waals surface area contributed by atoms with Crippen LogP contribution in [0, 0.1) is 0 Å². The fourth-order valence-corrected chi connectivity index (χ4v) is 5.72. The molecular formula is C38H43N3O6. The number of aliphatic hydroxyl groups excluding tert-OH is 1. The van der Waals surface area contributed by atoms with Gasteiger partial charge in [-0.25, -0.2) is 4.79 Å². The molecule has 4 aromatic rings. The molecule has 0 aliphatic carbocycles. The number of aliphatic hydroxyl groups is 1. The summed E-state index contributed by atoms with van der Waals surface area (Å²) >= 11 is 0. The predicted octanol–water partition coefficient (Wildman–Crippen LogP) is 5.89. The Hall–Kier alpha value is -4.54. The van der Waals surface area contributed by atoms with Crippen LogP contribution in [0.5, 0.6) is 0 Å². The fraction of sp³-hybridized carbons (Fsp3) is 0.316. The van der Waals surface area contributed by atoms with Crippen molar-refractivity contribution in [2.45, 2.75) is 51.5 Å². The number of nitrogens with one attached hydrogen (secondary N) is 2. The summed E-state index contributed by atoms with van der Waals surface area (Å²) in [6.07, 6.45) is -0.0835. The second-order valence-electron chi connectivity index (χ2n) is 11.7. The lowest BCUT2D eigenvalue weighted by molar-refractivity contribution is -0.252. The van der Waals surface area contributed by atoms with E-state index in [9.17, 15) is 14.7 Å². The van der Waals surface area contributed by atoms with E-state index >= 15 is 0 Å². The second-order valence-corrected chi connectivity index (χ2v) is 11.7. The second kappa shape index (κ2) is 16.9. The number of ether oxygens (including phenoxy) is 3. The van der Waals surface area contributed by atoms with E-state index in [0.29, 0.717) is 6.42 Å². The summed E-state index contributed by atoms with van der Waals surface area (Å²) < 4.78 is 18.0. The summed E-state index contributed by atoms with van der Waals surface area (Å²) in [5.74, 6) is -0.481. The first-order chi connectivity index (χ1) is 22.9. The number of amides is 2. The fourth-order valence-electron chi connectivity index (χ4n) is 5.72. The van der Waals surface area contributed by atoms with Gasteiger partial charge in [0.25, 0.3) is 0 Å².